The predicted octanol–water partition coefficient (Wildman–Crippen LogP) is 6.73. The Morgan fingerprint density at radius 2 is 1.63 bits per heavy atom. The molecule has 0 aliphatic carbocycles. The van der Waals surface area contributed by atoms with Crippen molar-refractivity contribution in [1.82, 2.24) is 5.32 Å². The van der Waals surface area contributed by atoms with Crippen LogP contribution in [0.25, 0.3) is 11.1 Å². The Balaban J connectivity index is 1.84. The van der Waals surface area contributed by atoms with E-state index < -0.39 is 0 Å². The molecule has 0 saturated carbocycles. The SMILES string of the molecule is CC[C@H](NC(=O)c1csc(C)c1-c1ccccc1)c1ccc(C(C)C)cc1. The minimum Gasteiger partial charge on any atom is -0.345 e. The van der Waals surface area contributed by atoms with Gasteiger partial charge >= 0.3 is 0 Å². The van der Waals surface area contributed by atoms with Crippen molar-refractivity contribution < 1.29 is 4.79 Å². The molecule has 0 radical (unpaired) electrons. The molecular formula is C24H27NOS. The molecule has 0 saturated heterocycles. The first-order valence-corrected chi connectivity index (χ1v) is 10.4. The first-order valence-electron chi connectivity index (χ1n) is 9.55. The second-order valence-corrected chi connectivity index (χ2v) is 8.29. The maximum absolute atomic E-state index is 13.1. The van der Waals surface area contributed by atoms with Crippen LogP contribution in [0, 0.1) is 6.92 Å². The standard InChI is InChI=1S/C24H27NOS/c1-5-22(19-13-11-18(12-14-19)16(2)3)25-24(26)21-15-27-17(4)23(21)20-9-7-6-8-10-20/h6-16,22H,5H2,1-4H3,(H,25,26)/t22-/m0/s1. The molecule has 1 amide bonds. The van der Waals surface area contributed by atoms with Crippen LogP contribution >= 0.6 is 11.3 Å². The zero-order valence-corrected chi connectivity index (χ0v) is 17.3. The van der Waals surface area contributed by atoms with Crippen LogP contribution in [-0.2, 0) is 0 Å². The number of benzene rings is 2. The van der Waals surface area contributed by atoms with Crippen molar-refractivity contribution in [2.45, 2.75) is 46.1 Å². The molecule has 1 atom stereocenters. The quantitative estimate of drug-likeness (QED) is 0.507. The fraction of sp³-hybridized carbons (Fsp3) is 0.292. The highest BCUT2D eigenvalue weighted by Gasteiger charge is 2.20. The number of carbonyl (C=O) groups excluding carboxylic acids is 1. The third-order valence-electron chi connectivity index (χ3n) is 5.00. The van der Waals surface area contributed by atoms with Crippen LogP contribution < -0.4 is 5.32 Å². The van der Waals surface area contributed by atoms with Crippen LogP contribution in [0.2, 0.25) is 0 Å². The van der Waals surface area contributed by atoms with Crippen molar-refractivity contribution in [2.24, 2.45) is 0 Å². The lowest BCUT2D eigenvalue weighted by atomic mass is 9.97. The van der Waals surface area contributed by atoms with Crippen molar-refractivity contribution in [2.75, 3.05) is 0 Å². The van der Waals surface area contributed by atoms with Crippen molar-refractivity contribution in [3.05, 3.63) is 81.5 Å². The molecule has 1 N–H and O–H groups in total. The van der Waals surface area contributed by atoms with Crippen LogP contribution in [0.4, 0.5) is 0 Å². The molecule has 0 aliphatic rings. The molecule has 3 heteroatoms. The number of rotatable bonds is 6. The second-order valence-electron chi connectivity index (χ2n) is 7.20. The zero-order valence-electron chi connectivity index (χ0n) is 16.5. The number of carbonyl (C=O) groups is 1. The molecule has 3 aromatic rings. The highest BCUT2D eigenvalue weighted by atomic mass is 32.1. The summed E-state index contributed by atoms with van der Waals surface area (Å²) in [5.41, 5.74) is 5.38. The monoisotopic (exact) mass is 377 g/mol. The Hall–Kier alpha value is -2.39. The van der Waals surface area contributed by atoms with Crippen molar-refractivity contribution in [1.29, 1.82) is 0 Å². The zero-order chi connectivity index (χ0) is 19.4. The molecule has 1 aromatic heterocycles. The van der Waals surface area contributed by atoms with Crippen LogP contribution in [-0.4, -0.2) is 5.91 Å². The number of nitrogens with one attached hydrogen (secondary N) is 1. The fourth-order valence-corrected chi connectivity index (χ4v) is 4.22. The van der Waals surface area contributed by atoms with Crippen LogP contribution in [0.3, 0.4) is 0 Å². The number of amides is 1. The summed E-state index contributed by atoms with van der Waals surface area (Å²) in [6, 6.07) is 18.8. The smallest absolute Gasteiger partial charge is 0.253 e. The summed E-state index contributed by atoms with van der Waals surface area (Å²) in [5, 5.41) is 5.21. The molecule has 0 spiro atoms. The van der Waals surface area contributed by atoms with Gasteiger partial charge in [0.2, 0.25) is 0 Å². The van der Waals surface area contributed by atoms with Gasteiger partial charge in [-0.1, -0.05) is 75.4 Å². The van der Waals surface area contributed by atoms with Gasteiger partial charge in [-0.2, -0.15) is 0 Å². The lowest BCUT2D eigenvalue weighted by molar-refractivity contribution is 0.0936. The summed E-state index contributed by atoms with van der Waals surface area (Å²) in [6.45, 7) is 8.57. The molecular weight excluding hydrogens is 350 g/mol. The van der Waals surface area contributed by atoms with E-state index in [0.717, 1.165) is 28.7 Å². The normalized spacial score (nSPS) is 12.2. The number of hydrogen-bond acceptors (Lipinski definition) is 2. The number of aryl methyl sites for hydroxylation is 1. The highest BCUT2D eigenvalue weighted by molar-refractivity contribution is 7.10. The topological polar surface area (TPSA) is 29.1 Å². The van der Waals surface area contributed by atoms with E-state index in [1.165, 1.54) is 10.4 Å². The molecule has 140 valence electrons. The first kappa shape index (κ1) is 19.4. The molecule has 2 aromatic carbocycles. The summed E-state index contributed by atoms with van der Waals surface area (Å²) in [7, 11) is 0. The first-order chi connectivity index (χ1) is 13.0. The average molecular weight is 378 g/mol. The summed E-state index contributed by atoms with van der Waals surface area (Å²) in [6.07, 6.45) is 0.858. The third-order valence-corrected chi connectivity index (χ3v) is 5.91. The van der Waals surface area contributed by atoms with E-state index in [-0.39, 0.29) is 11.9 Å². The largest absolute Gasteiger partial charge is 0.345 e. The Bertz CT molecular complexity index is 894. The summed E-state index contributed by atoms with van der Waals surface area (Å²) >= 11 is 1.63. The van der Waals surface area contributed by atoms with Gasteiger partial charge in [-0.3, -0.25) is 4.79 Å². The van der Waals surface area contributed by atoms with E-state index in [2.05, 4.69) is 69.4 Å². The lowest BCUT2D eigenvalue weighted by Gasteiger charge is -2.19. The average Bonchev–Trinajstić information content (AvgIpc) is 3.08. The van der Waals surface area contributed by atoms with E-state index in [4.69, 9.17) is 0 Å². The predicted molar refractivity (Wildman–Crippen MR) is 116 cm³/mol. The Morgan fingerprint density at radius 1 is 1.00 bits per heavy atom. The summed E-state index contributed by atoms with van der Waals surface area (Å²) in [4.78, 5) is 14.2. The minimum atomic E-state index is -0.00186. The van der Waals surface area contributed by atoms with Gasteiger partial charge < -0.3 is 5.32 Å². The van der Waals surface area contributed by atoms with E-state index >= 15 is 0 Å². The van der Waals surface area contributed by atoms with E-state index in [0.29, 0.717) is 5.92 Å². The maximum atomic E-state index is 13.1. The number of thiophene rings is 1. The molecule has 2 nitrogen and oxygen atoms in total. The molecule has 0 aliphatic heterocycles. The van der Waals surface area contributed by atoms with Crippen molar-refractivity contribution in [3.63, 3.8) is 0 Å². The minimum absolute atomic E-state index is 0.00186. The van der Waals surface area contributed by atoms with Crippen LogP contribution in [0.15, 0.2) is 60.0 Å². The van der Waals surface area contributed by atoms with Gasteiger partial charge in [-0.15, -0.1) is 11.3 Å². The molecule has 3 rings (SSSR count). The third kappa shape index (κ3) is 4.30. The summed E-state index contributed by atoms with van der Waals surface area (Å²) in [5.74, 6) is 0.508. The van der Waals surface area contributed by atoms with Gasteiger partial charge in [-0.05, 0) is 36.0 Å². The molecule has 0 fully saturated rings. The highest BCUT2D eigenvalue weighted by Crippen LogP contribution is 2.33. The maximum Gasteiger partial charge on any atom is 0.253 e. The molecule has 0 bridgehead atoms. The fourth-order valence-electron chi connectivity index (χ4n) is 3.36. The lowest BCUT2D eigenvalue weighted by Crippen LogP contribution is -2.28. The molecule has 27 heavy (non-hydrogen) atoms. The van der Waals surface area contributed by atoms with E-state index in [1.807, 2.05) is 23.6 Å². The van der Waals surface area contributed by atoms with Crippen molar-refractivity contribution in [3.8, 4) is 11.1 Å². The Kier molecular flexibility index (Phi) is 6.12. The second kappa shape index (κ2) is 8.53. The summed E-state index contributed by atoms with van der Waals surface area (Å²) < 4.78 is 0. The van der Waals surface area contributed by atoms with Gasteiger partial charge in [0, 0.05) is 15.8 Å². The van der Waals surface area contributed by atoms with E-state index in [1.54, 1.807) is 11.3 Å². The van der Waals surface area contributed by atoms with Gasteiger partial charge in [0.15, 0.2) is 0 Å². The Labute approximate surface area is 166 Å². The van der Waals surface area contributed by atoms with Gasteiger partial charge in [0.1, 0.15) is 0 Å². The van der Waals surface area contributed by atoms with Crippen LogP contribution in [0.1, 0.15) is 65.5 Å². The van der Waals surface area contributed by atoms with E-state index in [9.17, 15) is 4.79 Å². The van der Waals surface area contributed by atoms with Crippen molar-refractivity contribution >= 4 is 17.2 Å². The van der Waals surface area contributed by atoms with Gasteiger partial charge in [0.25, 0.3) is 5.91 Å². The van der Waals surface area contributed by atoms with Gasteiger partial charge in [0.05, 0.1) is 11.6 Å². The Morgan fingerprint density at radius 3 is 2.22 bits per heavy atom. The molecule has 1 heterocycles. The number of hydrogen-bond donors (Lipinski definition) is 1. The molecule has 0 unspecified atom stereocenters. The van der Waals surface area contributed by atoms with Crippen LogP contribution in [0.5, 0.6) is 0 Å². The van der Waals surface area contributed by atoms with Gasteiger partial charge in [-0.25, -0.2) is 0 Å².